The minimum absolute atomic E-state index is 0. The molecule has 0 bridgehead atoms. The zero-order chi connectivity index (χ0) is 10.5. The van der Waals surface area contributed by atoms with Crippen LogP contribution in [0.1, 0.15) is 0 Å². The van der Waals surface area contributed by atoms with E-state index in [0.29, 0.717) is 0 Å². The summed E-state index contributed by atoms with van der Waals surface area (Å²) in [6.45, 7) is 0. The molecular weight excluding hydrogens is 495 g/mol. The Morgan fingerprint density at radius 1 is 1.21 bits per heavy atom. The van der Waals surface area contributed by atoms with Gasteiger partial charge in [-0.15, -0.1) is 29.4 Å². The summed E-state index contributed by atoms with van der Waals surface area (Å²) in [7, 11) is 0. The SMILES string of the molecule is [CH3-].[Ir].[Y].[c-]1cccc2c1c1nncn1c1nccn21. The van der Waals surface area contributed by atoms with Crippen LogP contribution in [0, 0.1) is 13.5 Å². The Morgan fingerprint density at radius 3 is 2.89 bits per heavy atom. The van der Waals surface area contributed by atoms with Crippen LogP contribution in [-0.2, 0) is 52.8 Å². The summed E-state index contributed by atoms with van der Waals surface area (Å²) < 4.78 is 3.86. The maximum absolute atomic E-state index is 4.30. The number of hydrogen-bond donors (Lipinski definition) is 0. The third kappa shape index (κ3) is 2.27. The molecule has 19 heavy (non-hydrogen) atoms. The summed E-state index contributed by atoms with van der Waals surface area (Å²) in [5, 5.41) is 8.98. The van der Waals surface area contributed by atoms with Gasteiger partial charge in [0.05, 0.1) is 5.65 Å². The molecule has 3 heterocycles. The summed E-state index contributed by atoms with van der Waals surface area (Å²) >= 11 is 0. The first kappa shape index (κ1) is 16.4. The smallest absolute Gasteiger partial charge is 0.204 e. The molecule has 4 rings (SSSR count). The molecule has 0 aliphatic rings. The van der Waals surface area contributed by atoms with Gasteiger partial charge in [-0.05, 0) is 5.52 Å². The molecule has 0 atom stereocenters. The van der Waals surface area contributed by atoms with Crippen LogP contribution in [0.3, 0.4) is 0 Å². The van der Waals surface area contributed by atoms with Crippen molar-refractivity contribution in [2.75, 3.05) is 0 Å². The number of aromatic nitrogens is 5. The molecule has 0 spiro atoms. The average molecular weight is 504 g/mol. The summed E-state index contributed by atoms with van der Waals surface area (Å²) in [5.41, 5.74) is 1.82. The molecule has 0 fully saturated rings. The molecule has 7 heteroatoms. The van der Waals surface area contributed by atoms with Gasteiger partial charge in [-0.3, -0.25) is 4.40 Å². The Balaban J connectivity index is 0.000000602. The minimum atomic E-state index is 0. The minimum Gasteiger partial charge on any atom is -0.358 e. The fourth-order valence-electron chi connectivity index (χ4n) is 2.02. The van der Waals surface area contributed by atoms with E-state index in [0.717, 1.165) is 22.3 Å². The van der Waals surface area contributed by atoms with Crippen LogP contribution < -0.4 is 0 Å². The van der Waals surface area contributed by atoms with E-state index in [4.69, 9.17) is 0 Å². The van der Waals surface area contributed by atoms with Crippen molar-refractivity contribution in [1.29, 1.82) is 0 Å². The normalized spacial score (nSPS) is 9.89. The summed E-state index contributed by atoms with van der Waals surface area (Å²) in [5.74, 6) is 0.812. The molecule has 0 saturated carbocycles. The number of imidazole rings is 1. The van der Waals surface area contributed by atoms with E-state index in [-0.39, 0.29) is 60.2 Å². The van der Waals surface area contributed by atoms with Crippen LogP contribution in [0.5, 0.6) is 0 Å². The Hall–Kier alpha value is -0.677. The first-order valence-electron chi connectivity index (χ1n) is 4.90. The number of benzene rings is 1. The van der Waals surface area contributed by atoms with Crippen molar-refractivity contribution in [1.82, 2.24) is 24.0 Å². The van der Waals surface area contributed by atoms with Crippen LogP contribution in [0.2, 0.25) is 0 Å². The third-order valence-electron chi connectivity index (χ3n) is 2.70. The van der Waals surface area contributed by atoms with Gasteiger partial charge in [0.2, 0.25) is 5.78 Å². The van der Waals surface area contributed by atoms with Crippen molar-refractivity contribution in [3.05, 3.63) is 50.4 Å². The molecule has 0 N–H and O–H groups in total. The predicted molar refractivity (Wildman–Crippen MR) is 64.5 cm³/mol. The summed E-state index contributed by atoms with van der Waals surface area (Å²) in [4.78, 5) is 4.30. The van der Waals surface area contributed by atoms with Crippen molar-refractivity contribution < 1.29 is 52.8 Å². The van der Waals surface area contributed by atoms with Gasteiger partial charge < -0.3 is 11.8 Å². The topological polar surface area (TPSA) is 47.5 Å². The van der Waals surface area contributed by atoms with Crippen LogP contribution in [0.25, 0.3) is 22.3 Å². The Bertz CT molecular complexity index is 753. The van der Waals surface area contributed by atoms with E-state index >= 15 is 0 Å². The third-order valence-corrected chi connectivity index (χ3v) is 2.70. The molecule has 4 aromatic rings. The molecule has 0 amide bonds. The zero-order valence-electron chi connectivity index (χ0n) is 10.1. The largest absolute Gasteiger partial charge is 0.358 e. The first-order valence-corrected chi connectivity index (χ1v) is 4.90. The van der Waals surface area contributed by atoms with Gasteiger partial charge in [-0.25, -0.2) is 4.98 Å². The van der Waals surface area contributed by atoms with E-state index < -0.39 is 0 Å². The molecule has 0 aliphatic heterocycles. The van der Waals surface area contributed by atoms with Crippen LogP contribution in [-0.4, -0.2) is 24.0 Å². The molecular formula is C12H9IrN5Y-2. The quantitative estimate of drug-likeness (QED) is 0.343. The number of nitrogens with zero attached hydrogens (tertiary/aromatic N) is 5. The van der Waals surface area contributed by atoms with Gasteiger partial charge >= 0.3 is 0 Å². The number of hydrogen-bond acceptors (Lipinski definition) is 3. The van der Waals surface area contributed by atoms with E-state index in [2.05, 4.69) is 21.2 Å². The second kappa shape index (κ2) is 6.18. The number of fused-ring (bicyclic) bond motifs is 6. The molecule has 0 saturated heterocycles. The molecule has 2 radical (unpaired) electrons. The van der Waals surface area contributed by atoms with E-state index in [1.54, 1.807) is 12.5 Å². The van der Waals surface area contributed by atoms with Crippen molar-refractivity contribution in [3.63, 3.8) is 0 Å². The predicted octanol–water partition coefficient (Wildman–Crippen LogP) is 1.78. The first-order chi connectivity index (χ1) is 7.95. The van der Waals surface area contributed by atoms with E-state index in [1.807, 2.05) is 33.2 Å². The van der Waals surface area contributed by atoms with Crippen LogP contribution >= 0.6 is 0 Å². The van der Waals surface area contributed by atoms with E-state index in [9.17, 15) is 0 Å². The Labute approximate surface area is 148 Å². The fourth-order valence-corrected chi connectivity index (χ4v) is 2.02. The second-order valence-corrected chi connectivity index (χ2v) is 3.55. The van der Waals surface area contributed by atoms with Gasteiger partial charge in [0.15, 0.2) is 0 Å². The number of rotatable bonds is 0. The van der Waals surface area contributed by atoms with Crippen molar-refractivity contribution in [2.45, 2.75) is 0 Å². The monoisotopic (exact) mass is 505 g/mol. The maximum Gasteiger partial charge on any atom is 0.204 e. The fraction of sp³-hybridized carbons (Fsp3) is 0. The molecule has 0 aliphatic carbocycles. The van der Waals surface area contributed by atoms with E-state index in [1.165, 1.54) is 0 Å². The van der Waals surface area contributed by atoms with Gasteiger partial charge in [0, 0.05) is 65.2 Å². The second-order valence-electron chi connectivity index (χ2n) is 3.55. The molecule has 96 valence electrons. The van der Waals surface area contributed by atoms with Gasteiger partial charge in [-0.1, -0.05) is 5.39 Å². The van der Waals surface area contributed by atoms with Gasteiger partial charge in [-0.2, -0.15) is 5.10 Å². The summed E-state index contributed by atoms with van der Waals surface area (Å²) in [6.07, 6.45) is 5.35. The molecule has 1 aromatic carbocycles. The van der Waals surface area contributed by atoms with Crippen molar-refractivity contribution in [2.24, 2.45) is 0 Å². The van der Waals surface area contributed by atoms with Crippen molar-refractivity contribution in [3.8, 4) is 0 Å². The van der Waals surface area contributed by atoms with Crippen LogP contribution in [0.4, 0.5) is 0 Å². The molecule has 0 unspecified atom stereocenters. The molecule has 5 nitrogen and oxygen atoms in total. The Kier molecular flexibility index (Phi) is 5.33. The zero-order valence-corrected chi connectivity index (χ0v) is 15.3. The average Bonchev–Trinajstić information content (AvgIpc) is 2.98. The van der Waals surface area contributed by atoms with Gasteiger partial charge in [0.25, 0.3) is 0 Å². The summed E-state index contributed by atoms with van der Waals surface area (Å²) in [6, 6.07) is 9.04. The molecule has 3 aromatic heterocycles. The van der Waals surface area contributed by atoms with Gasteiger partial charge in [0.1, 0.15) is 6.33 Å². The Morgan fingerprint density at radius 2 is 2.05 bits per heavy atom. The maximum atomic E-state index is 4.30. The van der Waals surface area contributed by atoms with Crippen LogP contribution in [0.15, 0.2) is 36.9 Å². The standard InChI is InChI=1S/C11H6N5.CH3.Ir.Y/c1-2-4-9-8(3-1)10-14-13-7-16(10)11-12-5-6-15(9)11;;;/h1-2,4-7H;1H3;;/q2*-1;;. The van der Waals surface area contributed by atoms with Crippen molar-refractivity contribution >= 4 is 22.3 Å².